The lowest BCUT2D eigenvalue weighted by atomic mass is 9.96. The Morgan fingerprint density at radius 2 is 1.91 bits per heavy atom. The van der Waals surface area contributed by atoms with Crippen molar-refractivity contribution < 1.29 is 31.1 Å². The van der Waals surface area contributed by atoms with E-state index in [-0.39, 0.29) is 12.0 Å². The molecule has 1 aliphatic rings. The van der Waals surface area contributed by atoms with Crippen molar-refractivity contribution in [3.8, 4) is 0 Å². The summed E-state index contributed by atoms with van der Waals surface area (Å²) in [7, 11) is 0. The molecule has 0 bridgehead atoms. The molecule has 33 heavy (non-hydrogen) atoms. The maximum absolute atomic E-state index is 13.0. The summed E-state index contributed by atoms with van der Waals surface area (Å²) in [6.45, 7) is 12.3. The summed E-state index contributed by atoms with van der Waals surface area (Å²) < 4.78 is 80.9. The van der Waals surface area contributed by atoms with E-state index < -0.39 is 23.9 Å². The summed E-state index contributed by atoms with van der Waals surface area (Å²) in [5.74, 6) is -0.744. The predicted octanol–water partition coefficient (Wildman–Crippen LogP) is 6.98. The van der Waals surface area contributed by atoms with Crippen molar-refractivity contribution in [3.05, 3.63) is 71.9 Å². The minimum Gasteiger partial charge on any atom is -0.406 e. The van der Waals surface area contributed by atoms with Crippen molar-refractivity contribution in [2.75, 3.05) is 0 Å². The molecule has 0 saturated heterocycles. The Hall–Kier alpha value is -2.91. The van der Waals surface area contributed by atoms with Gasteiger partial charge in [-0.1, -0.05) is 33.1 Å². The number of alkyl halides is 6. The van der Waals surface area contributed by atoms with Gasteiger partial charge in [0.05, 0.1) is 17.4 Å². The lowest BCUT2D eigenvalue weighted by molar-refractivity contribution is -0.303. The molecule has 1 unspecified atom stereocenters. The summed E-state index contributed by atoms with van der Waals surface area (Å²) in [4.78, 5) is 0. The fourth-order valence-corrected chi connectivity index (χ4v) is 3.38. The number of allylic oxidation sites excluding steroid dienone is 7. The van der Waals surface area contributed by atoms with Gasteiger partial charge >= 0.3 is 12.5 Å². The molecular weight excluding hydrogens is 448 g/mol. The first-order valence-corrected chi connectivity index (χ1v) is 10.3. The number of nitrogens with zero attached hydrogens (tertiary/aromatic N) is 2. The average Bonchev–Trinajstić information content (AvgIpc) is 3.08. The lowest BCUT2D eigenvalue weighted by Crippen LogP contribution is -2.26. The van der Waals surface area contributed by atoms with E-state index in [0.29, 0.717) is 23.5 Å². The minimum absolute atomic E-state index is 0.154. The van der Waals surface area contributed by atoms with E-state index in [2.05, 4.69) is 28.3 Å². The van der Waals surface area contributed by atoms with Crippen LogP contribution in [0.1, 0.15) is 51.0 Å². The second kappa shape index (κ2) is 10.4. The normalized spacial score (nSPS) is 17.9. The van der Waals surface area contributed by atoms with Crippen molar-refractivity contribution >= 4 is 5.57 Å². The molecule has 2 rings (SSSR count). The Bertz CT molecular complexity index is 964. The van der Waals surface area contributed by atoms with Gasteiger partial charge in [-0.05, 0) is 55.6 Å². The molecule has 0 aliphatic carbocycles. The van der Waals surface area contributed by atoms with Gasteiger partial charge in [0.2, 0.25) is 0 Å². The first-order valence-electron chi connectivity index (χ1n) is 10.3. The summed E-state index contributed by atoms with van der Waals surface area (Å²) in [6, 6.07) is 1.62. The number of nitrogens with one attached hydrogen (secondary N) is 1. The van der Waals surface area contributed by atoms with Gasteiger partial charge in [0.15, 0.2) is 0 Å². The van der Waals surface area contributed by atoms with Crippen molar-refractivity contribution in [1.82, 2.24) is 15.1 Å². The number of ether oxygens (including phenoxy) is 1. The zero-order chi connectivity index (χ0) is 25.0. The van der Waals surface area contributed by atoms with Gasteiger partial charge < -0.3 is 10.1 Å². The maximum atomic E-state index is 13.0. The number of aromatic nitrogens is 2. The van der Waals surface area contributed by atoms with Crippen LogP contribution in [0.2, 0.25) is 0 Å². The van der Waals surface area contributed by atoms with Gasteiger partial charge in [0, 0.05) is 17.8 Å². The molecule has 1 aromatic heterocycles. The Morgan fingerprint density at radius 3 is 2.48 bits per heavy atom. The number of aryl methyl sites for hydroxylation is 1. The molecule has 0 radical (unpaired) electrons. The molecule has 0 aromatic carbocycles. The van der Waals surface area contributed by atoms with Crippen LogP contribution in [0.25, 0.3) is 5.57 Å². The zero-order valence-corrected chi connectivity index (χ0v) is 18.6. The molecule has 4 nitrogen and oxygen atoms in total. The molecule has 0 fully saturated rings. The van der Waals surface area contributed by atoms with E-state index in [1.54, 1.807) is 37.6 Å². The van der Waals surface area contributed by atoms with Crippen LogP contribution < -0.4 is 5.32 Å². The molecule has 10 heteroatoms. The molecule has 182 valence electrons. The summed E-state index contributed by atoms with van der Waals surface area (Å²) in [5.41, 5.74) is 1.46. The molecule has 2 heterocycles. The third-order valence-corrected chi connectivity index (χ3v) is 4.92. The molecule has 0 spiro atoms. The Morgan fingerprint density at radius 1 is 1.24 bits per heavy atom. The second-order valence-corrected chi connectivity index (χ2v) is 8.02. The smallest absolute Gasteiger partial charge is 0.406 e. The van der Waals surface area contributed by atoms with Crippen molar-refractivity contribution in [3.63, 3.8) is 0 Å². The van der Waals surface area contributed by atoms with Crippen molar-refractivity contribution in [2.24, 2.45) is 5.92 Å². The molecule has 1 atom stereocenters. The third kappa shape index (κ3) is 7.87. The number of hydrogen-bond acceptors (Lipinski definition) is 3. The zero-order valence-electron chi connectivity index (χ0n) is 18.6. The van der Waals surface area contributed by atoms with Gasteiger partial charge in [-0.25, -0.2) is 0 Å². The van der Waals surface area contributed by atoms with Crippen LogP contribution in [0.15, 0.2) is 60.6 Å². The van der Waals surface area contributed by atoms with Crippen molar-refractivity contribution in [2.45, 2.75) is 58.7 Å². The number of halogens is 6. The molecule has 1 aromatic rings. The van der Waals surface area contributed by atoms with E-state index in [4.69, 9.17) is 0 Å². The standard InChI is InChI=1S/C23H27F6N3O/c1-14(2)18(12-15(3)22(24,25)26)20-13-21-19(10-7-11-32(21)31-20)30-16(4)8-6-9-17(5)33-23(27,28)29/h6,8-9,12-14,19,30H,3,5,7,10-11H2,1-2,4H3/b9-6-,16-8+,18-12+. The Kier molecular flexibility index (Phi) is 8.26. The summed E-state index contributed by atoms with van der Waals surface area (Å²) in [6.07, 6.45) is -2.66. The lowest BCUT2D eigenvalue weighted by Gasteiger charge is -2.25. The van der Waals surface area contributed by atoms with E-state index in [1.807, 2.05) is 0 Å². The third-order valence-electron chi connectivity index (χ3n) is 4.92. The van der Waals surface area contributed by atoms with E-state index in [1.165, 1.54) is 6.08 Å². The maximum Gasteiger partial charge on any atom is 0.573 e. The highest BCUT2D eigenvalue weighted by molar-refractivity contribution is 5.67. The Labute approximate surface area is 189 Å². The molecular formula is C23H27F6N3O. The minimum atomic E-state index is -4.80. The van der Waals surface area contributed by atoms with Gasteiger partial charge in [-0.15, -0.1) is 13.2 Å². The van der Waals surface area contributed by atoms with Crippen LogP contribution >= 0.6 is 0 Å². The highest BCUT2D eigenvalue weighted by Gasteiger charge is 2.32. The summed E-state index contributed by atoms with van der Waals surface area (Å²) in [5, 5.41) is 7.80. The van der Waals surface area contributed by atoms with Gasteiger partial charge in [0.1, 0.15) is 5.76 Å². The predicted molar refractivity (Wildman–Crippen MR) is 115 cm³/mol. The molecule has 1 N–H and O–H groups in total. The number of rotatable bonds is 8. The highest BCUT2D eigenvalue weighted by Crippen LogP contribution is 2.33. The fourth-order valence-electron chi connectivity index (χ4n) is 3.38. The monoisotopic (exact) mass is 475 g/mol. The fraction of sp³-hybridized carbons (Fsp3) is 0.435. The van der Waals surface area contributed by atoms with Crippen LogP contribution in [0.5, 0.6) is 0 Å². The molecule has 0 amide bonds. The molecule has 1 aliphatic heterocycles. The van der Waals surface area contributed by atoms with Crippen LogP contribution in [-0.2, 0) is 11.3 Å². The number of hydrogen-bond donors (Lipinski definition) is 1. The second-order valence-electron chi connectivity index (χ2n) is 8.02. The van der Waals surface area contributed by atoms with Crippen LogP contribution in [0.3, 0.4) is 0 Å². The largest absolute Gasteiger partial charge is 0.573 e. The van der Waals surface area contributed by atoms with Crippen LogP contribution in [-0.4, -0.2) is 22.3 Å². The first kappa shape index (κ1) is 26.3. The highest BCUT2D eigenvalue weighted by atomic mass is 19.4. The van der Waals surface area contributed by atoms with Gasteiger partial charge in [-0.2, -0.15) is 18.3 Å². The van der Waals surface area contributed by atoms with E-state index in [9.17, 15) is 26.3 Å². The molecule has 0 saturated carbocycles. The van der Waals surface area contributed by atoms with Gasteiger partial charge in [-0.3, -0.25) is 4.68 Å². The van der Waals surface area contributed by atoms with E-state index >= 15 is 0 Å². The van der Waals surface area contributed by atoms with Crippen LogP contribution in [0, 0.1) is 5.92 Å². The Balaban J connectivity index is 2.20. The van der Waals surface area contributed by atoms with E-state index in [0.717, 1.165) is 30.7 Å². The SMILES string of the molecule is C=C(/C=C\C=C(/C)NC1CCCn2nc(/C(=C/C(=C)C(F)(F)F)C(C)C)cc21)OC(F)(F)F. The van der Waals surface area contributed by atoms with Crippen molar-refractivity contribution in [1.29, 1.82) is 0 Å². The summed E-state index contributed by atoms with van der Waals surface area (Å²) >= 11 is 0. The van der Waals surface area contributed by atoms with Gasteiger partial charge in [0.25, 0.3) is 0 Å². The number of fused-ring (bicyclic) bond motifs is 1. The topological polar surface area (TPSA) is 39.1 Å². The quantitative estimate of drug-likeness (QED) is 0.251. The van der Waals surface area contributed by atoms with Crippen LogP contribution in [0.4, 0.5) is 26.3 Å². The first-order chi connectivity index (χ1) is 15.2. The average molecular weight is 475 g/mol.